The van der Waals surface area contributed by atoms with Crippen LogP contribution in [0, 0.1) is 11.3 Å². The molecule has 0 saturated carbocycles. The minimum Gasteiger partial charge on any atom is -0.496 e. The normalized spacial score (nSPS) is 12.3. The molecule has 0 fully saturated rings. The highest BCUT2D eigenvalue weighted by molar-refractivity contribution is 7.99. The number of para-hydroxylation sites is 1. The summed E-state index contributed by atoms with van der Waals surface area (Å²) in [6.45, 7) is 0. The van der Waals surface area contributed by atoms with E-state index in [1.54, 1.807) is 7.11 Å². The van der Waals surface area contributed by atoms with Crippen LogP contribution in [0.3, 0.4) is 0 Å². The van der Waals surface area contributed by atoms with Crippen LogP contribution in [0.1, 0.15) is 29.7 Å². The number of pyridine rings is 1. The van der Waals surface area contributed by atoms with E-state index < -0.39 is 0 Å². The average Bonchev–Trinajstić information content (AvgIpc) is 3.42. The number of carbonyl (C=O) groups is 1. The van der Waals surface area contributed by atoms with Crippen LogP contribution in [0.15, 0.2) is 40.7 Å². The lowest BCUT2D eigenvalue weighted by Gasteiger charge is -2.07. The molecular weight excluding hydrogens is 416 g/mol. The van der Waals surface area contributed by atoms with Crippen molar-refractivity contribution in [2.75, 3.05) is 18.2 Å². The zero-order valence-corrected chi connectivity index (χ0v) is 18.1. The summed E-state index contributed by atoms with van der Waals surface area (Å²) in [5.41, 5.74) is 4.53. The van der Waals surface area contributed by atoms with Gasteiger partial charge in [-0.1, -0.05) is 12.1 Å². The highest BCUT2D eigenvalue weighted by atomic mass is 32.2. The standard InChI is InChI=1S/C22H20N4O2S2/c1-28-19-8-3-2-6-16(19)18-13-30-22(25-18)26-20(27)9-10-29-21-15(12-23)11-14-5-4-7-17(14)24-21/h2-3,6,8,11,13H,4-5,7,9-10H2,1H3,(H,25,26,27). The van der Waals surface area contributed by atoms with Crippen LogP contribution in [0.25, 0.3) is 11.3 Å². The van der Waals surface area contributed by atoms with Crippen molar-refractivity contribution in [1.82, 2.24) is 9.97 Å². The Bertz CT molecular complexity index is 1120. The van der Waals surface area contributed by atoms with Crippen LogP contribution in [-0.4, -0.2) is 28.7 Å². The third kappa shape index (κ3) is 4.48. The van der Waals surface area contributed by atoms with E-state index in [2.05, 4.69) is 21.4 Å². The van der Waals surface area contributed by atoms with Crippen molar-refractivity contribution in [2.45, 2.75) is 30.7 Å². The Morgan fingerprint density at radius 3 is 3.03 bits per heavy atom. The van der Waals surface area contributed by atoms with Crippen LogP contribution in [-0.2, 0) is 17.6 Å². The van der Waals surface area contributed by atoms with Gasteiger partial charge in [0, 0.05) is 28.8 Å². The molecule has 8 heteroatoms. The third-order valence-electron chi connectivity index (χ3n) is 4.84. The van der Waals surface area contributed by atoms with Crippen molar-refractivity contribution in [3.8, 4) is 23.1 Å². The molecule has 1 amide bonds. The minimum atomic E-state index is -0.108. The van der Waals surface area contributed by atoms with E-state index >= 15 is 0 Å². The second kappa shape index (κ2) is 9.28. The molecule has 1 aliphatic carbocycles. The maximum Gasteiger partial charge on any atom is 0.226 e. The second-order valence-electron chi connectivity index (χ2n) is 6.80. The highest BCUT2D eigenvalue weighted by Crippen LogP contribution is 2.32. The molecule has 0 unspecified atom stereocenters. The molecule has 0 aliphatic heterocycles. The number of thiazole rings is 1. The van der Waals surface area contributed by atoms with Crippen molar-refractivity contribution in [1.29, 1.82) is 5.26 Å². The fourth-order valence-electron chi connectivity index (χ4n) is 3.38. The van der Waals surface area contributed by atoms with Gasteiger partial charge >= 0.3 is 0 Å². The van der Waals surface area contributed by atoms with Gasteiger partial charge in [-0.2, -0.15) is 5.26 Å². The fraction of sp³-hybridized carbons (Fsp3) is 0.273. The number of hydrogen-bond donors (Lipinski definition) is 1. The maximum absolute atomic E-state index is 12.3. The van der Waals surface area contributed by atoms with Gasteiger partial charge in [0.2, 0.25) is 5.91 Å². The SMILES string of the molecule is COc1ccccc1-c1csc(NC(=O)CCSc2nc3c(cc2C#N)CCC3)n1. The van der Waals surface area contributed by atoms with Gasteiger partial charge in [-0.05, 0) is 43.0 Å². The highest BCUT2D eigenvalue weighted by Gasteiger charge is 2.17. The van der Waals surface area contributed by atoms with E-state index in [0.717, 1.165) is 47.0 Å². The first kappa shape index (κ1) is 20.4. The zero-order chi connectivity index (χ0) is 20.9. The topological polar surface area (TPSA) is 87.9 Å². The van der Waals surface area contributed by atoms with Crippen LogP contribution < -0.4 is 10.1 Å². The van der Waals surface area contributed by atoms with Gasteiger partial charge in [0.05, 0.1) is 18.4 Å². The number of ether oxygens (including phenoxy) is 1. The monoisotopic (exact) mass is 436 g/mol. The summed E-state index contributed by atoms with van der Waals surface area (Å²) in [6, 6.07) is 11.8. The number of anilines is 1. The molecule has 3 aromatic rings. The van der Waals surface area contributed by atoms with E-state index in [1.807, 2.05) is 35.7 Å². The number of rotatable bonds is 7. The minimum absolute atomic E-state index is 0.108. The number of benzene rings is 1. The lowest BCUT2D eigenvalue weighted by atomic mass is 10.1. The number of thioether (sulfide) groups is 1. The molecule has 0 radical (unpaired) electrons. The molecule has 2 aromatic heterocycles. The largest absolute Gasteiger partial charge is 0.496 e. The molecule has 152 valence electrons. The molecule has 0 spiro atoms. The van der Waals surface area contributed by atoms with Gasteiger partial charge in [-0.25, -0.2) is 9.97 Å². The molecule has 1 aromatic carbocycles. The number of nitrogens with one attached hydrogen (secondary N) is 1. The Kier molecular flexibility index (Phi) is 6.31. The maximum atomic E-state index is 12.3. The Morgan fingerprint density at radius 1 is 1.33 bits per heavy atom. The van der Waals surface area contributed by atoms with E-state index in [4.69, 9.17) is 4.74 Å². The number of nitrogens with zero attached hydrogens (tertiary/aromatic N) is 3. The molecule has 1 N–H and O–H groups in total. The number of aromatic nitrogens is 2. The predicted octanol–water partition coefficient (Wildman–Crippen LogP) is 4.69. The van der Waals surface area contributed by atoms with Crippen LogP contribution in [0.4, 0.5) is 5.13 Å². The van der Waals surface area contributed by atoms with Crippen LogP contribution in [0.5, 0.6) is 5.75 Å². The number of nitriles is 1. The molecule has 0 bridgehead atoms. The predicted molar refractivity (Wildman–Crippen MR) is 119 cm³/mol. The lowest BCUT2D eigenvalue weighted by Crippen LogP contribution is -2.12. The molecular formula is C22H20N4O2S2. The third-order valence-corrected chi connectivity index (χ3v) is 6.59. The van der Waals surface area contributed by atoms with Crippen molar-refractivity contribution >= 4 is 34.1 Å². The first-order valence-electron chi connectivity index (χ1n) is 9.62. The number of fused-ring (bicyclic) bond motifs is 1. The molecule has 1 aliphatic rings. The summed E-state index contributed by atoms with van der Waals surface area (Å²) in [6.07, 6.45) is 3.37. The summed E-state index contributed by atoms with van der Waals surface area (Å²) in [5, 5.41) is 15.4. The first-order valence-corrected chi connectivity index (χ1v) is 11.5. The van der Waals surface area contributed by atoms with Crippen molar-refractivity contribution in [3.63, 3.8) is 0 Å². The Morgan fingerprint density at radius 2 is 2.20 bits per heavy atom. The van der Waals surface area contributed by atoms with Gasteiger partial charge < -0.3 is 10.1 Å². The van der Waals surface area contributed by atoms with Crippen molar-refractivity contribution in [2.24, 2.45) is 0 Å². The quantitative estimate of drug-likeness (QED) is 0.541. The van der Waals surface area contributed by atoms with Gasteiger partial charge in [0.15, 0.2) is 5.13 Å². The van der Waals surface area contributed by atoms with Crippen LogP contribution in [0.2, 0.25) is 0 Å². The zero-order valence-electron chi connectivity index (χ0n) is 16.5. The number of carbonyl (C=O) groups excluding carboxylic acids is 1. The first-order chi connectivity index (χ1) is 14.7. The molecule has 2 heterocycles. The van der Waals surface area contributed by atoms with E-state index in [0.29, 0.717) is 22.9 Å². The lowest BCUT2D eigenvalue weighted by molar-refractivity contribution is -0.115. The van der Waals surface area contributed by atoms with Gasteiger partial charge in [-0.3, -0.25) is 4.79 Å². The van der Waals surface area contributed by atoms with Gasteiger partial charge in [-0.15, -0.1) is 23.1 Å². The summed E-state index contributed by atoms with van der Waals surface area (Å²) in [7, 11) is 1.62. The molecule has 30 heavy (non-hydrogen) atoms. The molecule has 0 atom stereocenters. The number of aryl methyl sites for hydroxylation is 2. The van der Waals surface area contributed by atoms with Crippen LogP contribution >= 0.6 is 23.1 Å². The average molecular weight is 437 g/mol. The van der Waals surface area contributed by atoms with E-state index in [9.17, 15) is 10.1 Å². The summed E-state index contributed by atoms with van der Waals surface area (Å²) < 4.78 is 5.38. The number of amides is 1. The Hall–Kier alpha value is -2.89. The van der Waals surface area contributed by atoms with E-state index in [-0.39, 0.29) is 5.91 Å². The number of hydrogen-bond acceptors (Lipinski definition) is 7. The van der Waals surface area contributed by atoms with Crippen molar-refractivity contribution in [3.05, 3.63) is 52.5 Å². The summed E-state index contributed by atoms with van der Waals surface area (Å²) in [4.78, 5) is 21.5. The molecule has 6 nitrogen and oxygen atoms in total. The van der Waals surface area contributed by atoms with Crippen molar-refractivity contribution < 1.29 is 9.53 Å². The summed E-state index contributed by atoms with van der Waals surface area (Å²) >= 11 is 2.84. The van der Waals surface area contributed by atoms with Gasteiger partial charge in [0.1, 0.15) is 16.8 Å². The molecule has 0 saturated heterocycles. The fourth-order valence-corrected chi connectivity index (χ4v) is 5.02. The second-order valence-corrected chi connectivity index (χ2v) is 8.74. The Labute approximate surface area is 183 Å². The number of methoxy groups -OCH3 is 1. The molecule has 4 rings (SSSR count). The summed E-state index contributed by atoms with van der Waals surface area (Å²) in [5.74, 6) is 1.19. The smallest absolute Gasteiger partial charge is 0.226 e. The van der Waals surface area contributed by atoms with E-state index in [1.165, 1.54) is 28.7 Å². The Balaban J connectivity index is 1.34. The van der Waals surface area contributed by atoms with Gasteiger partial charge in [0.25, 0.3) is 0 Å².